The van der Waals surface area contributed by atoms with Crippen molar-refractivity contribution in [3.8, 4) is 17.3 Å². The third kappa shape index (κ3) is 4.13. The average Bonchev–Trinajstić information content (AvgIpc) is 3.38. The molecule has 2 aliphatic heterocycles. The summed E-state index contributed by atoms with van der Waals surface area (Å²) in [5, 5.41) is 10.3. The molecule has 164 valence electrons. The van der Waals surface area contributed by atoms with Gasteiger partial charge in [0.25, 0.3) is 6.01 Å². The summed E-state index contributed by atoms with van der Waals surface area (Å²) in [4.78, 5) is 12.1. The van der Waals surface area contributed by atoms with E-state index in [1.165, 1.54) is 0 Å². The maximum absolute atomic E-state index is 11.9. The molecule has 0 unspecified atom stereocenters. The molecule has 2 N–H and O–H groups in total. The van der Waals surface area contributed by atoms with Crippen LogP contribution in [0.4, 0.5) is 5.69 Å². The molecule has 3 aromatic rings. The number of hydrogen-bond acceptors (Lipinski definition) is 8. The lowest BCUT2D eigenvalue weighted by Crippen LogP contribution is -2.34. The first-order chi connectivity index (χ1) is 14.8. The number of hydrogen-bond donors (Lipinski definition) is 2. The van der Waals surface area contributed by atoms with Crippen LogP contribution in [0.25, 0.3) is 22.4 Å². The van der Waals surface area contributed by atoms with Crippen molar-refractivity contribution in [2.75, 3.05) is 25.7 Å². The van der Waals surface area contributed by atoms with Crippen molar-refractivity contribution >= 4 is 38.2 Å². The van der Waals surface area contributed by atoms with E-state index < -0.39 is 15.8 Å². The Morgan fingerprint density at radius 1 is 1.19 bits per heavy atom. The predicted octanol–water partition coefficient (Wildman–Crippen LogP) is 2.54. The quantitative estimate of drug-likeness (QED) is 0.608. The number of rotatable bonds is 4. The third-order valence-electron chi connectivity index (χ3n) is 5.12. The summed E-state index contributed by atoms with van der Waals surface area (Å²) in [7, 11) is -2.23. The van der Waals surface area contributed by atoms with E-state index in [2.05, 4.69) is 19.3 Å². The molecule has 4 heterocycles. The van der Waals surface area contributed by atoms with Crippen LogP contribution >= 0.6 is 11.6 Å². The lowest BCUT2D eigenvalue weighted by molar-refractivity contribution is 0.00706. The van der Waals surface area contributed by atoms with Gasteiger partial charge >= 0.3 is 0 Å². The van der Waals surface area contributed by atoms with Crippen LogP contribution in [0.5, 0.6) is 6.01 Å². The number of aromatic amines is 1. The first-order valence-corrected chi connectivity index (χ1v) is 12.4. The topological polar surface area (TPSA) is 119 Å². The van der Waals surface area contributed by atoms with Crippen LogP contribution in [0, 0.1) is 0 Å². The molecule has 0 bridgehead atoms. The second-order valence-electron chi connectivity index (χ2n) is 7.87. The van der Waals surface area contributed by atoms with E-state index in [0.29, 0.717) is 34.2 Å². The Kier molecular flexibility index (Phi) is 5.14. The van der Waals surface area contributed by atoms with Gasteiger partial charge in [0, 0.05) is 27.8 Å². The SMILES string of the molecule is CS(C)(=O)=Nc1ccc(-c2nc3nc(O[C@@H]4CO[C@H]5[C@@H]4OC[C@H]5O)[nH]c3cc2Cl)cc1. The fraction of sp³-hybridized carbons (Fsp3) is 0.400. The summed E-state index contributed by atoms with van der Waals surface area (Å²) in [6.45, 7) is 0.539. The molecule has 1 aromatic carbocycles. The lowest BCUT2D eigenvalue weighted by atomic mass is 10.1. The summed E-state index contributed by atoms with van der Waals surface area (Å²) in [6, 6.07) is 9.22. The number of nitrogens with zero attached hydrogens (tertiary/aromatic N) is 3. The normalized spacial score (nSPS) is 25.7. The summed E-state index contributed by atoms with van der Waals surface area (Å²) < 4.78 is 33.1. The van der Waals surface area contributed by atoms with Gasteiger partial charge in [-0.15, -0.1) is 0 Å². The number of imidazole rings is 1. The van der Waals surface area contributed by atoms with Gasteiger partial charge in [0.1, 0.15) is 18.3 Å². The van der Waals surface area contributed by atoms with E-state index in [9.17, 15) is 9.32 Å². The second kappa shape index (κ2) is 7.72. The molecule has 2 aliphatic rings. The number of nitrogens with one attached hydrogen (secondary N) is 1. The largest absolute Gasteiger partial charge is 0.456 e. The van der Waals surface area contributed by atoms with Gasteiger partial charge in [0.15, 0.2) is 11.8 Å². The molecule has 0 aliphatic carbocycles. The van der Waals surface area contributed by atoms with Crippen molar-refractivity contribution in [3.63, 3.8) is 0 Å². The van der Waals surface area contributed by atoms with Gasteiger partial charge in [-0.3, -0.25) is 0 Å². The first-order valence-electron chi connectivity index (χ1n) is 9.68. The van der Waals surface area contributed by atoms with Gasteiger partial charge in [-0.2, -0.15) is 9.35 Å². The van der Waals surface area contributed by atoms with Gasteiger partial charge < -0.3 is 24.3 Å². The summed E-state index contributed by atoms with van der Waals surface area (Å²) in [5.41, 5.74) is 3.07. The molecule has 5 rings (SSSR count). The predicted molar refractivity (Wildman–Crippen MR) is 116 cm³/mol. The number of fused-ring (bicyclic) bond motifs is 2. The average molecular weight is 465 g/mol. The highest BCUT2D eigenvalue weighted by atomic mass is 35.5. The third-order valence-corrected chi connectivity index (χ3v) is 6.05. The molecule has 11 heteroatoms. The Hall–Kier alpha value is -2.24. The van der Waals surface area contributed by atoms with E-state index in [1.54, 1.807) is 30.7 Å². The van der Waals surface area contributed by atoms with Gasteiger partial charge in [0.05, 0.1) is 35.1 Å². The molecule has 2 fully saturated rings. The van der Waals surface area contributed by atoms with Crippen molar-refractivity contribution in [3.05, 3.63) is 35.4 Å². The van der Waals surface area contributed by atoms with E-state index in [-0.39, 0.29) is 30.9 Å². The molecule has 0 saturated carbocycles. The Morgan fingerprint density at radius 3 is 2.68 bits per heavy atom. The molecular weight excluding hydrogens is 444 g/mol. The number of benzene rings is 1. The number of aliphatic hydroxyl groups excluding tert-OH is 1. The minimum Gasteiger partial charge on any atom is -0.456 e. The molecule has 0 radical (unpaired) electrons. The standard InChI is InChI=1S/C20H21ClN4O5S/c1-31(2,27)25-11-5-3-10(4-6-11)16-12(21)7-13-19(23-16)24-20(22-13)30-15-9-29-17-14(26)8-28-18(15)17/h3-7,14-15,17-18,26H,8-9H2,1-2H3,(H,22,23,24)/t14-,15-,17-,18-/m1/s1. The summed E-state index contributed by atoms with van der Waals surface area (Å²) in [6.07, 6.45) is 1.45. The fourth-order valence-corrected chi connectivity index (χ4v) is 4.67. The van der Waals surface area contributed by atoms with Crippen molar-refractivity contribution < 1.29 is 23.5 Å². The minimum atomic E-state index is -2.23. The van der Waals surface area contributed by atoms with Crippen molar-refractivity contribution in [2.24, 2.45) is 4.36 Å². The zero-order valence-corrected chi connectivity index (χ0v) is 18.4. The van der Waals surface area contributed by atoms with Crippen LogP contribution in [0.3, 0.4) is 0 Å². The molecule has 9 nitrogen and oxygen atoms in total. The van der Waals surface area contributed by atoms with Crippen LogP contribution in [-0.2, 0) is 19.2 Å². The monoisotopic (exact) mass is 464 g/mol. The number of halogens is 1. The maximum Gasteiger partial charge on any atom is 0.296 e. The number of ether oxygens (including phenoxy) is 3. The summed E-state index contributed by atoms with van der Waals surface area (Å²) in [5.74, 6) is 0. The van der Waals surface area contributed by atoms with E-state index in [0.717, 1.165) is 5.56 Å². The van der Waals surface area contributed by atoms with E-state index in [1.807, 2.05) is 12.1 Å². The Bertz CT molecular complexity index is 1250. The number of aromatic nitrogens is 3. The van der Waals surface area contributed by atoms with Gasteiger partial charge in [-0.25, -0.2) is 9.19 Å². The summed E-state index contributed by atoms with van der Waals surface area (Å²) >= 11 is 6.46. The Balaban J connectivity index is 1.40. The van der Waals surface area contributed by atoms with E-state index in [4.69, 9.17) is 25.8 Å². The molecule has 2 aromatic heterocycles. The fourth-order valence-electron chi connectivity index (χ4n) is 3.78. The van der Waals surface area contributed by atoms with Crippen LogP contribution in [0.1, 0.15) is 0 Å². The smallest absolute Gasteiger partial charge is 0.296 e. The molecule has 31 heavy (non-hydrogen) atoms. The lowest BCUT2D eigenvalue weighted by Gasteiger charge is -2.15. The van der Waals surface area contributed by atoms with Crippen molar-refractivity contribution in [2.45, 2.75) is 24.4 Å². The van der Waals surface area contributed by atoms with Crippen LogP contribution < -0.4 is 4.74 Å². The zero-order chi connectivity index (χ0) is 21.8. The molecule has 4 atom stereocenters. The second-order valence-corrected chi connectivity index (χ2v) is 10.8. The van der Waals surface area contributed by atoms with Gasteiger partial charge in [0.2, 0.25) is 0 Å². The molecule has 0 amide bonds. The van der Waals surface area contributed by atoms with Gasteiger partial charge in [-0.05, 0) is 18.2 Å². The molecule has 2 saturated heterocycles. The Morgan fingerprint density at radius 2 is 1.94 bits per heavy atom. The zero-order valence-electron chi connectivity index (χ0n) is 16.8. The van der Waals surface area contributed by atoms with Crippen LogP contribution in [0.2, 0.25) is 5.02 Å². The van der Waals surface area contributed by atoms with Crippen LogP contribution in [-0.4, -0.2) is 74.4 Å². The highest BCUT2D eigenvalue weighted by molar-refractivity contribution is 7.92. The highest BCUT2D eigenvalue weighted by Crippen LogP contribution is 2.32. The first kappa shape index (κ1) is 20.7. The number of aliphatic hydroxyl groups is 1. The Labute approximate surface area is 183 Å². The molecule has 0 spiro atoms. The number of pyridine rings is 1. The van der Waals surface area contributed by atoms with Crippen LogP contribution in [0.15, 0.2) is 34.7 Å². The highest BCUT2D eigenvalue weighted by Gasteiger charge is 2.48. The van der Waals surface area contributed by atoms with E-state index >= 15 is 0 Å². The van der Waals surface area contributed by atoms with Gasteiger partial charge in [-0.1, -0.05) is 23.7 Å². The molecular formula is C20H21ClN4O5S. The number of H-pyrrole nitrogens is 1. The minimum absolute atomic E-state index is 0.232. The van der Waals surface area contributed by atoms with Crippen molar-refractivity contribution in [1.82, 2.24) is 15.0 Å². The maximum atomic E-state index is 11.9. The van der Waals surface area contributed by atoms with Crippen molar-refractivity contribution in [1.29, 1.82) is 0 Å².